The van der Waals surface area contributed by atoms with Gasteiger partial charge in [-0.25, -0.2) is 4.39 Å². The summed E-state index contributed by atoms with van der Waals surface area (Å²) >= 11 is 0. The highest BCUT2D eigenvalue weighted by Gasteiger charge is 2.33. The van der Waals surface area contributed by atoms with Gasteiger partial charge < -0.3 is 10.1 Å². The van der Waals surface area contributed by atoms with E-state index in [-0.39, 0.29) is 12.3 Å². The van der Waals surface area contributed by atoms with Gasteiger partial charge in [-0.3, -0.25) is 14.5 Å². The Morgan fingerprint density at radius 2 is 2.00 bits per heavy atom. The number of ether oxygens (including phenoxy) is 1. The lowest BCUT2D eigenvalue weighted by Gasteiger charge is -2.33. The first-order chi connectivity index (χ1) is 12.1. The fourth-order valence-corrected chi connectivity index (χ4v) is 2.84. The van der Waals surface area contributed by atoms with Crippen LogP contribution in [0, 0.1) is 5.82 Å². The van der Waals surface area contributed by atoms with E-state index in [1.165, 1.54) is 18.2 Å². The fraction of sp³-hybridized carbons (Fsp3) is 0.263. The molecular weight excluding hydrogens is 323 g/mol. The molecule has 130 valence electrons. The molecular formula is C19H19FN2O3. The maximum atomic E-state index is 13.2. The van der Waals surface area contributed by atoms with E-state index < -0.39 is 17.8 Å². The number of esters is 1. The van der Waals surface area contributed by atoms with Gasteiger partial charge in [0.2, 0.25) is 5.91 Å². The Labute approximate surface area is 145 Å². The second-order valence-electron chi connectivity index (χ2n) is 5.90. The number of anilines is 1. The fourth-order valence-electron chi connectivity index (χ4n) is 2.84. The largest absolute Gasteiger partial charge is 0.463 e. The second kappa shape index (κ2) is 7.90. The lowest BCUT2D eigenvalue weighted by atomic mass is 10.1. The quantitative estimate of drug-likeness (QED) is 0.849. The van der Waals surface area contributed by atoms with Crippen LogP contribution >= 0.6 is 0 Å². The first-order valence-corrected chi connectivity index (χ1v) is 8.12. The van der Waals surface area contributed by atoms with Gasteiger partial charge in [-0.2, -0.15) is 0 Å². The topological polar surface area (TPSA) is 58.6 Å². The second-order valence-corrected chi connectivity index (χ2v) is 5.90. The van der Waals surface area contributed by atoms with Crippen LogP contribution in [0.4, 0.5) is 10.1 Å². The number of nitrogens with zero attached hydrogens (tertiary/aromatic N) is 1. The molecule has 0 aromatic heterocycles. The van der Waals surface area contributed by atoms with E-state index in [0.29, 0.717) is 25.4 Å². The molecule has 1 amide bonds. The Balaban J connectivity index is 1.66. The molecule has 1 atom stereocenters. The number of nitrogens with one attached hydrogen (secondary N) is 1. The maximum Gasteiger partial charge on any atom is 0.323 e. The molecule has 0 unspecified atom stereocenters. The summed E-state index contributed by atoms with van der Waals surface area (Å²) in [7, 11) is 0. The number of halogens is 1. The minimum absolute atomic E-state index is 0.0395. The SMILES string of the molecule is O=C(C[C@@H]1C(=O)OCCN1Cc1ccccc1)Nc1cccc(F)c1. The lowest BCUT2D eigenvalue weighted by Crippen LogP contribution is -2.49. The van der Waals surface area contributed by atoms with E-state index >= 15 is 0 Å². The minimum Gasteiger partial charge on any atom is -0.463 e. The number of amides is 1. The van der Waals surface area contributed by atoms with E-state index in [1.54, 1.807) is 6.07 Å². The Morgan fingerprint density at radius 1 is 1.20 bits per heavy atom. The molecule has 0 spiro atoms. The van der Waals surface area contributed by atoms with Gasteiger partial charge in [-0.1, -0.05) is 36.4 Å². The maximum absolute atomic E-state index is 13.2. The van der Waals surface area contributed by atoms with Crippen LogP contribution in [-0.2, 0) is 20.9 Å². The molecule has 2 aromatic rings. The standard InChI is InChI=1S/C19H19FN2O3/c20-15-7-4-8-16(11-15)21-18(23)12-17-19(24)25-10-9-22(17)13-14-5-2-1-3-6-14/h1-8,11,17H,9-10,12-13H2,(H,21,23)/t17-/m1/s1. The molecule has 0 bridgehead atoms. The van der Waals surface area contributed by atoms with Gasteiger partial charge >= 0.3 is 5.97 Å². The van der Waals surface area contributed by atoms with Crippen LogP contribution < -0.4 is 5.32 Å². The van der Waals surface area contributed by atoms with Crippen molar-refractivity contribution < 1.29 is 18.7 Å². The van der Waals surface area contributed by atoms with Crippen LogP contribution in [0.1, 0.15) is 12.0 Å². The Bertz CT molecular complexity index is 751. The summed E-state index contributed by atoms with van der Waals surface area (Å²) in [5, 5.41) is 2.62. The van der Waals surface area contributed by atoms with Crippen molar-refractivity contribution in [2.24, 2.45) is 0 Å². The summed E-state index contributed by atoms with van der Waals surface area (Å²) in [4.78, 5) is 26.3. The van der Waals surface area contributed by atoms with Crippen LogP contribution in [-0.4, -0.2) is 36.0 Å². The van der Waals surface area contributed by atoms with Crippen molar-refractivity contribution in [1.82, 2.24) is 4.90 Å². The van der Waals surface area contributed by atoms with Gasteiger partial charge in [0.15, 0.2) is 0 Å². The molecule has 6 heteroatoms. The van der Waals surface area contributed by atoms with Gasteiger partial charge in [0.05, 0.1) is 6.42 Å². The first kappa shape index (κ1) is 17.1. The molecule has 3 rings (SSSR count). The van der Waals surface area contributed by atoms with Crippen LogP contribution in [0.25, 0.3) is 0 Å². The van der Waals surface area contributed by atoms with Gasteiger partial charge in [0, 0.05) is 18.8 Å². The third-order valence-electron chi connectivity index (χ3n) is 4.05. The van der Waals surface area contributed by atoms with E-state index in [1.807, 2.05) is 35.2 Å². The van der Waals surface area contributed by atoms with Crippen molar-refractivity contribution >= 4 is 17.6 Å². The molecule has 1 aliphatic heterocycles. The molecule has 1 fully saturated rings. The number of carbonyl (C=O) groups excluding carboxylic acids is 2. The molecule has 1 heterocycles. The highest BCUT2D eigenvalue weighted by molar-refractivity contribution is 5.94. The van der Waals surface area contributed by atoms with Crippen molar-refractivity contribution in [3.63, 3.8) is 0 Å². The van der Waals surface area contributed by atoms with E-state index in [0.717, 1.165) is 5.56 Å². The number of benzene rings is 2. The van der Waals surface area contributed by atoms with Gasteiger partial charge in [0.1, 0.15) is 18.5 Å². The van der Waals surface area contributed by atoms with Crippen LogP contribution in [0.5, 0.6) is 0 Å². The Hall–Kier alpha value is -2.73. The molecule has 5 nitrogen and oxygen atoms in total. The number of carbonyl (C=O) groups is 2. The molecule has 2 aromatic carbocycles. The van der Waals surface area contributed by atoms with Crippen molar-refractivity contribution in [2.45, 2.75) is 19.0 Å². The van der Waals surface area contributed by atoms with E-state index in [4.69, 9.17) is 4.74 Å². The van der Waals surface area contributed by atoms with E-state index in [9.17, 15) is 14.0 Å². The molecule has 1 saturated heterocycles. The zero-order chi connectivity index (χ0) is 17.6. The summed E-state index contributed by atoms with van der Waals surface area (Å²) in [5.74, 6) is -1.19. The zero-order valence-corrected chi connectivity index (χ0v) is 13.7. The third-order valence-corrected chi connectivity index (χ3v) is 4.05. The van der Waals surface area contributed by atoms with Crippen LogP contribution in [0.3, 0.4) is 0 Å². The first-order valence-electron chi connectivity index (χ1n) is 8.12. The van der Waals surface area contributed by atoms with Crippen LogP contribution in [0.2, 0.25) is 0 Å². The minimum atomic E-state index is -0.650. The smallest absolute Gasteiger partial charge is 0.323 e. The van der Waals surface area contributed by atoms with Gasteiger partial charge in [-0.15, -0.1) is 0 Å². The number of hydrogen-bond acceptors (Lipinski definition) is 4. The molecule has 1 aliphatic rings. The predicted molar refractivity (Wildman–Crippen MR) is 91.2 cm³/mol. The highest BCUT2D eigenvalue weighted by atomic mass is 19.1. The van der Waals surface area contributed by atoms with Crippen LogP contribution in [0.15, 0.2) is 54.6 Å². The summed E-state index contributed by atoms with van der Waals surface area (Å²) in [6.07, 6.45) is -0.0395. The Morgan fingerprint density at radius 3 is 2.76 bits per heavy atom. The molecule has 0 radical (unpaired) electrons. The average Bonchev–Trinajstić information content (AvgIpc) is 2.59. The monoisotopic (exact) mass is 342 g/mol. The number of rotatable bonds is 5. The van der Waals surface area contributed by atoms with Gasteiger partial charge in [0.25, 0.3) is 0 Å². The van der Waals surface area contributed by atoms with Crippen molar-refractivity contribution in [1.29, 1.82) is 0 Å². The van der Waals surface area contributed by atoms with Crippen molar-refractivity contribution in [2.75, 3.05) is 18.5 Å². The summed E-state index contributed by atoms with van der Waals surface area (Å²) < 4.78 is 18.3. The Kier molecular flexibility index (Phi) is 5.40. The highest BCUT2D eigenvalue weighted by Crippen LogP contribution is 2.17. The summed E-state index contributed by atoms with van der Waals surface area (Å²) in [6, 6.07) is 14.7. The zero-order valence-electron chi connectivity index (χ0n) is 13.7. The van der Waals surface area contributed by atoms with E-state index in [2.05, 4.69) is 5.32 Å². The number of cyclic esters (lactones) is 1. The average molecular weight is 342 g/mol. The molecule has 1 N–H and O–H groups in total. The van der Waals surface area contributed by atoms with Gasteiger partial charge in [-0.05, 0) is 23.8 Å². The molecule has 0 saturated carbocycles. The molecule has 0 aliphatic carbocycles. The number of hydrogen-bond donors (Lipinski definition) is 1. The summed E-state index contributed by atoms with van der Waals surface area (Å²) in [5.41, 5.74) is 1.43. The number of morpholine rings is 1. The lowest BCUT2D eigenvalue weighted by molar-refractivity contribution is -0.159. The summed E-state index contributed by atoms with van der Waals surface area (Å²) in [6.45, 7) is 1.44. The normalized spacial score (nSPS) is 17.8. The third kappa shape index (κ3) is 4.64. The van der Waals surface area contributed by atoms with Crippen molar-refractivity contribution in [3.8, 4) is 0 Å². The predicted octanol–water partition coefficient (Wildman–Crippen LogP) is 2.58. The molecule has 25 heavy (non-hydrogen) atoms. The van der Waals surface area contributed by atoms with Crippen molar-refractivity contribution in [3.05, 3.63) is 66.0 Å².